The molecule has 1 aromatic carbocycles. The van der Waals surface area contributed by atoms with Crippen LogP contribution in [0.4, 0.5) is 14.5 Å². The van der Waals surface area contributed by atoms with Crippen molar-refractivity contribution in [2.45, 2.75) is 58.5 Å². The van der Waals surface area contributed by atoms with Crippen molar-refractivity contribution in [3.63, 3.8) is 0 Å². The number of nitrogens with two attached hydrogens (primary N) is 1. The molecule has 30 heavy (non-hydrogen) atoms. The van der Waals surface area contributed by atoms with Gasteiger partial charge in [-0.05, 0) is 52.2 Å². The minimum atomic E-state index is -2.75. The quantitative estimate of drug-likeness (QED) is 0.361. The van der Waals surface area contributed by atoms with Crippen molar-refractivity contribution in [1.82, 2.24) is 9.55 Å². The molecule has 0 saturated heterocycles. The predicted molar refractivity (Wildman–Crippen MR) is 115 cm³/mol. The SMILES string of the molecule is CCOC(=O)C(N=Cc1c(C(F)F)cc(Br)c(C)c1N)c1ncn2c1CCC2(C)C. The minimum absolute atomic E-state index is 0.0937. The molecule has 1 atom stereocenters. The first-order chi connectivity index (χ1) is 14.1. The number of esters is 1. The van der Waals surface area contributed by atoms with Gasteiger partial charge in [-0.1, -0.05) is 15.9 Å². The van der Waals surface area contributed by atoms with Crippen molar-refractivity contribution in [2.75, 3.05) is 12.3 Å². The average Bonchev–Trinajstić information content (AvgIpc) is 3.23. The summed E-state index contributed by atoms with van der Waals surface area (Å²) in [5.74, 6) is -0.578. The van der Waals surface area contributed by atoms with Crippen molar-refractivity contribution < 1.29 is 18.3 Å². The zero-order valence-corrected chi connectivity index (χ0v) is 19.0. The Kier molecular flexibility index (Phi) is 6.31. The van der Waals surface area contributed by atoms with Crippen LogP contribution in [-0.2, 0) is 21.5 Å². The van der Waals surface area contributed by atoms with E-state index in [9.17, 15) is 13.6 Å². The van der Waals surface area contributed by atoms with E-state index in [1.807, 2.05) is 4.57 Å². The van der Waals surface area contributed by atoms with Crippen LogP contribution in [0.15, 0.2) is 21.9 Å². The third-order valence-corrected chi connectivity index (χ3v) is 6.35. The number of aliphatic imine (C=N–C) groups is 1. The van der Waals surface area contributed by atoms with Crippen LogP contribution in [-0.4, -0.2) is 28.3 Å². The molecule has 0 aliphatic carbocycles. The summed E-state index contributed by atoms with van der Waals surface area (Å²) in [6, 6.07) is 0.275. The van der Waals surface area contributed by atoms with E-state index in [0.29, 0.717) is 15.7 Å². The van der Waals surface area contributed by atoms with Gasteiger partial charge >= 0.3 is 5.97 Å². The molecule has 0 fully saturated rings. The third-order valence-electron chi connectivity index (χ3n) is 5.53. The third kappa shape index (κ3) is 3.99. The molecule has 2 heterocycles. The van der Waals surface area contributed by atoms with Gasteiger partial charge in [0.2, 0.25) is 0 Å². The Balaban J connectivity index is 2.08. The fraction of sp³-hybridized carbons (Fsp3) is 0.476. The highest BCUT2D eigenvalue weighted by Crippen LogP contribution is 2.37. The molecule has 0 radical (unpaired) electrons. The normalized spacial score (nSPS) is 16.3. The molecule has 9 heteroatoms. The summed E-state index contributed by atoms with van der Waals surface area (Å²) in [5, 5.41) is 0. The number of carbonyl (C=O) groups excluding carboxylic acids is 1. The molecule has 3 rings (SSSR count). The molecule has 1 unspecified atom stereocenters. The number of halogens is 3. The Morgan fingerprint density at radius 3 is 2.83 bits per heavy atom. The number of alkyl halides is 2. The summed E-state index contributed by atoms with van der Waals surface area (Å²) in [4.78, 5) is 21.5. The molecule has 0 spiro atoms. The molecule has 2 aromatic rings. The van der Waals surface area contributed by atoms with Gasteiger partial charge in [-0.2, -0.15) is 0 Å². The van der Waals surface area contributed by atoms with E-state index in [1.54, 1.807) is 20.2 Å². The Hall–Kier alpha value is -2.29. The van der Waals surface area contributed by atoms with E-state index in [1.165, 1.54) is 12.3 Å². The van der Waals surface area contributed by atoms with Gasteiger partial charge < -0.3 is 15.0 Å². The number of hydrogen-bond donors (Lipinski definition) is 1. The molecule has 6 nitrogen and oxygen atoms in total. The lowest BCUT2D eigenvalue weighted by molar-refractivity contribution is -0.144. The minimum Gasteiger partial charge on any atom is -0.464 e. The first kappa shape index (κ1) is 22.4. The standard InChI is InChI=1S/C21H25BrF2N4O2/c1-5-30-20(29)18(17-15-6-7-21(3,4)28(15)10-27-17)26-9-13-12(19(23)24)8-14(22)11(2)16(13)25/h8-10,18-19H,5-7,25H2,1-4H3. The van der Waals surface area contributed by atoms with Gasteiger partial charge in [-0.25, -0.2) is 18.6 Å². The molecule has 162 valence electrons. The lowest BCUT2D eigenvalue weighted by Gasteiger charge is -2.19. The number of rotatable bonds is 6. The van der Waals surface area contributed by atoms with Crippen LogP contribution in [0.1, 0.15) is 67.7 Å². The number of carbonyl (C=O) groups is 1. The highest BCUT2D eigenvalue weighted by atomic mass is 79.9. The number of benzene rings is 1. The van der Waals surface area contributed by atoms with Crippen LogP contribution < -0.4 is 5.73 Å². The number of hydrogen-bond acceptors (Lipinski definition) is 5. The summed E-state index contributed by atoms with van der Waals surface area (Å²) < 4.78 is 34.9. The van der Waals surface area contributed by atoms with E-state index in [0.717, 1.165) is 18.5 Å². The van der Waals surface area contributed by atoms with Crippen LogP contribution in [0.5, 0.6) is 0 Å². The number of aromatic nitrogens is 2. The van der Waals surface area contributed by atoms with Crippen molar-refractivity contribution in [1.29, 1.82) is 0 Å². The Bertz CT molecular complexity index is 1000. The molecule has 0 amide bonds. The number of nitrogens with zero attached hydrogens (tertiary/aromatic N) is 3. The van der Waals surface area contributed by atoms with Gasteiger partial charge in [0.15, 0.2) is 6.04 Å². The summed E-state index contributed by atoms with van der Waals surface area (Å²) in [5.41, 5.74) is 8.02. The molecule has 0 saturated carbocycles. The summed E-state index contributed by atoms with van der Waals surface area (Å²) >= 11 is 3.25. The van der Waals surface area contributed by atoms with Crippen LogP contribution >= 0.6 is 15.9 Å². The van der Waals surface area contributed by atoms with Gasteiger partial charge in [0.25, 0.3) is 6.43 Å². The van der Waals surface area contributed by atoms with Crippen molar-refractivity contribution in [3.05, 3.63) is 44.9 Å². The number of anilines is 1. The predicted octanol–water partition coefficient (Wildman–Crippen LogP) is 4.88. The number of fused-ring (bicyclic) bond motifs is 1. The maximum absolute atomic E-state index is 13.6. The van der Waals surface area contributed by atoms with E-state index in [4.69, 9.17) is 10.5 Å². The molecule has 2 N–H and O–H groups in total. The van der Waals surface area contributed by atoms with Gasteiger partial charge in [0.1, 0.15) is 0 Å². The smallest absolute Gasteiger partial charge is 0.337 e. The second-order valence-corrected chi connectivity index (χ2v) is 8.75. The molecule has 1 aromatic heterocycles. The zero-order valence-electron chi connectivity index (χ0n) is 17.4. The highest BCUT2D eigenvalue weighted by molar-refractivity contribution is 9.10. The van der Waals surface area contributed by atoms with Gasteiger partial charge in [0.05, 0.1) is 18.6 Å². The van der Waals surface area contributed by atoms with Gasteiger partial charge in [0, 0.05) is 38.7 Å². The van der Waals surface area contributed by atoms with Crippen molar-refractivity contribution in [2.24, 2.45) is 4.99 Å². The number of nitrogen functional groups attached to an aromatic ring is 1. The zero-order chi connectivity index (χ0) is 22.2. The van der Waals surface area contributed by atoms with E-state index in [-0.39, 0.29) is 29.0 Å². The van der Waals surface area contributed by atoms with Crippen LogP contribution in [0, 0.1) is 6.92 Å². The number of imidazole rings is 1. The molecular formula is C21H25BrF2N4O2. The maximum Gasteiger partial charge on any atom is 0.337 e. The van der Waals surface area contributed by atoms with E-state index in [2.05, 4.69) is 39.8 Å². The first-order valence-electron chi connectivity index (χ1n) is 9.71. The molecule has 1 aliphatic heterocycles. The largest absolute Gasteiger partial charge is 0.464 e. The Labute approximate surface area is 182 Å². The van der Waals surface area contributed by atoms with Crippen molar-refractivity contribution >= 4 is 33.8 Å². The molecular weight excluding hydrogens is 458 g/mol. The van der Waals surface area contributed by atoms with Crippen LogP contribution in [0.3, 0.4) is 0 Å². The molecule has 0 bridgehead atoms. The fourth-order valence-corrected chi connectivity index (χ4v) is 4.14. The van der Waals surface area contributed by atoms with Crippen molar-refractivity contribution in [3.8, 4) is 0 Å². The fourth-order valence-electron chi connectivity index (χ4n) is 3.68. The first-order valence-corrected chi connectivity index (χ1v) is 10.5. The Morgan fingerprint density at radius 1 is 1.50 bits per heavy atom. The van der Waals surface area contributed by atoms with E-state index < -0.39 is 18.4 Å². The average molecular weight is 483 g/mol. The second-order valence-electron chi connectivity index (χ2n) is 7.89. The molecule has 1 aliphatic rings. The summed E-state index contributed by atoms with van der Waals surface area (Å²) in [6.45, 7) is 7.79. The van der Waals surface area contributed by atoms with Crippen LogP contribution in [0.25, 0.3) is 0 Å². The summed E-state index contributed by atoms with van der Waals surface area (Å²) in [7, 11) is 0. The summed E-state index contributed by atoms with van der Waals surface area (Å²) in [6.07, 6.45) is 1.84. The topological polar surface area (TPSA) is 82.5 Å². The monoisotopic (exact) mass is 482 g/mol. The van der Waals surface area contributed by atoms with Gasteiger partial charge in [-0.3, -0.25) is 4.99 Å². The Morgan fingerprint density at radius 2 is 2.20 bits per heavy atom. The number of ether oxygens (including phenoxy) is 1. The van der Waals surface area contributed by atoms with Gasteiger partial charge in [-0.15, -0.1) is 0 Å². The second kappa shape index (κ2) is 8.45. The van der Waals surface area contributed by atoms with E-state index >= 15 is 0 Å². The lowest BCUT2D eigenvalue weighted by Crippen LogP contribution is -2.20. The lowest BCUT2D eigenvalue weighted by atomic mass is 10.0. The van der Waals surface area contributed by atoms with Crippen LogP contribution in [0.2, 0.25) is 0 Å². The highest BCUT2D eigenvalue weighted by Gasteiger charge is 2.36. The maximum atomic E-state index is 13.6.